The molecular weight excluding hydrogens is 450 g/mol. The van der Waals surface area contributed by atoms with Gasteiger partial charge in [0.25, 0.3) is 5.91 Å². The Morgan fingerprint density at radius 3 is 2.60 bits per heavy atom. The Labute approximate surface area is 200 Å². The van der Waals surface area contributed by atoms with Crippen LogP contribution in [0.1, 0.15) is 29.4 Å². The van der Waals surface area contributed by atoms with Gasteiger partial charge in [-0.15, -0.1) is 0 Å². The Kier molecular flexibility index (Phi) is 6.13. The van der Waals surface area contributed by atoms with Crippen molar-refractivity contribution >= 4 is 22.5 Å². The molecule has 0 saturated carbocycles. The first-order chi connectivity index (χ1) is 17.0. The second-order valence-electron chi connectivity index (χ2n) is 8.39. The number of hydrogen-bond donors (Lipinski definition) is 1. The first-order valence-electron chi connectivity index (χ1n) is 11.2. The monoisotopic (exact) mass is 472 g/mol. The molecule has 1 unspecified atom stereocenters. The summed E-state index contributed by atoms with van der Waals surface area (Å²) in [6.07, 6.45) is 6.63. The number of nitrogens with one attached hydrogen (secondary N) is 1. The summed E-state index contributed by atoms with van der Waals surface area (Å²) in [4.78, 5) is 26.2. The van der Waals surface area contributed by atoms with Gasteiger partial charge in [-0.05, 0) is 60.5 Å². The Balaban J connectivity index is 1.51. The average molecular weight is 472 g/mol. The van der Waals surface area contributed by atoms with Gasteiger partial charge in [0, 0.05) is 23.6 Å². The van der Waals surface area contributed by atoms with E-state index in [1.54, 1.807) is 47.4 Å². The fraction of sp³-hybridized carbons (Fsp3) is 0.192. The number of aromatic nitrogens is 5. The van der Waals surface area contributed by atoms with Crippen LogP contribution >= 0.6 is 0 Å². The quantitative estimate of drug-likeness (QED) is 0.438. The molecular formula is C26H22F2N6O. The molecule has 1 N–H and O–H groups in total. The Morgan fingerprint density at radius 2 is 1.86 bits per heavy atom. The average Bonchev–Trinajstić information content (AvgIpc) is 3.38. The van der Waals surface area contributed by atoms with Gasteiger partial charge in [-0.25, -0.2) is 23.7 Å². The summed E-state index contributed by atoms with van der Waals surface area (Å²) >= 11 is 0. The number of benzene rings is 2. The Bertz CT molecular complexity index is 1440. The summed E-state index contributed by atoms with van der Waals surface area (Å²) in [5.41, 5.74) is 4.28. The van der Waals surface area contributed by atoms with Crippen molar-refractivity contribution in [3.8, 4) is 11.3 Å². The summed E-state index contributed by atoms with van der Waals surface area (Å²) < 4.78 is 29.2. The van der Waals surface area contributed by atoms with Crippen LogP contribution in [0.25, 0.3) is 27.9 Å². The van der Waals surface area contributed by atoms with E-state index in [4.69, 9.17) is 9.97 Å². The molecule has 1 aliphatic carbocycles. The van der Waals surface area contributed by atoms with Crippen molar-refractivity contribution < 1.29 is 13.6 Å². The maximum atomic E-state index is 14.0. The van der Waals surface area contributed by atoms with Gasteiger partial charge in [0.15, 0.2) is 0 Å². The number of amides is 1. The van der Waals surface area contributed by atoms with Crippen molar-refractivity contribution in [1.82, 2.24) is 30.0 Å². The van der Waals surface area contributed by atoms with Gasteiger partial charge in [0.2, 0.25) is 0 Å². The molecule has 5 rings (SSSR count). The smallest absolute Gasteiger partial charge is 0.251 e. The number of fused-ring (bicyclic) bond motifs is 1. The van der Waals surface area contributed by atoms with Crippen LogP contribution in [0, 0.1) is 11.7 Å². The zero-order valence-electron chi connectivity index (χ0n) is 18.9. The Morgan fingerprint density at radius 1 is 1.06 bits per heavy atom. The lowest BCUT2D eigenvalue weighted by atomic mass is 9.91. The zero-order valence-corrected chi connectivity index (χ0v) is 18.9. The molecule has 0 aliphatic heterocycles. The third-order valence-corrected chi connectivity index (χ3v) is 5.88. The number of carbonyl (C=O) groups excluding carboxylic acids is 1. The molecule has 1 aliphatic rings. The predicted octanol–water partition coefficient (Wildman–Crippen LogP) is 4.73. The SMILES string of the molecule is CC1CC(c2nc3cc(C(=O)NCCn4cncn4)ccc3nc2-c2ccc(F)cc2)=CC=C1F. The van der Waals surface area contributed by atoms with Gasteiger partial charge >= 0.3 is 0 Å². The first-order valence-corrected chi connectivity index (χ1v) is 11.2. The van der Waals surface area contributed by atoms with Crippen LogP contribution in [0.4, 0.5) is 8.78 Å². The van der Waals surface area contributed by atoms with Gasteiger partial charge in [0.05, 0.1) is 29.0 Å². The second-order valence-corrected chi connectivity index (χ2v) is 8.39. The molecule has 2 aromatic heterocycles. The van der Waals surface area contributed by atoms with Crippen molar-refractivity contribution in [2.75, 3.05) is 6.54 Å². The molecule has 9 heteroatoms. The zero-order chi connectivity index (χ0) is 24.4. The van der Waals surface area contributed by atoms with E-state index in [-0.39, 0.29) is 23.5 Å². The number of rotatable bonds is 6. The van der Waals surface area contributed by atoms with Gasteiger partial charge in [-0.1, -0.05) is 13.0 Å². The highest BCUT2D eigenvalue weighted by Crippen LogP contribution is 2.36. The van der Waals surface area contributed by atoms with E-state index in [1.165, 1.54) is 24.5 Å². The van der Waals surface area contributed by atoms with Crippen LogP contribution in [0.2, 0.25) is 0 Å². The fourth-order valence-corrected chi connectivity index (χ4v) is 3.98. The maximum absolute atomic E-state index is 14.0. The van der Waals surface area contributed by atoms with Crippen molar-refractivity contribution in [3.63, 3.8) is 0 Å². The third kappa shape index (κ3) is 4.84. The van der Waals surface area contributed by atoms with Crippen molar-refractivity contribution in [2.45, 2.75) is 19.9 Å². The molecule has 35 heavy (non-hydrogen) atoms. The number of carbonyl (C=O) groups is 1. The van der Waals surface area contributed by atoms with Crippen LogP contribution < -0.4 is 5.32 Å². The Hall–Kier alpha value is -4.27. The van der Waals surface area contributed by atoms with E-state index in [0.29, 0.717) is 53.1 Å². The third-order valence-electron chi connectivity index (χ3n) is 5.88. The highest BCUT2D eigenvalue weighted by atomic mass is 19.1. The minimum atomic E-state index is -0.348. The highest BCUT2D eigenvalue weighted by molar-refractivity contribution is 5.98. The van der Waals surface area contributed by atoms with Crippen LogP contribution in [0.5, 0.6) is 0 Å². The molecule has 0 fully saturated rings. The van der Waals surface area contributed by atoms with Crippen molar-refractivity contribution in [2.24, 2.45) is 5.92 Å². The molecule has 0 bridgehead atoms. The summed E-state index contributed by atoms with van der Waals surface area (Å²) in [6.45, 7) is 2.71. The van der Waals surface area contributed by atoms with E-state index in [0.717, 1.165) is 5.57 Å². The predicted molar refractivity (Wildman–Crippen MR) is 128 cm³/mol. The van der Waals surface area contributed by atoms with Gasteiger partial charge < -0.3 is 5.32 Å². The van der Waals surface area contributed by atoms with Gasteiger partial charge in [0.1, 0.15) is 24.3 Å². The lowest BCUT2D eigenvalue weighted by Gasteiger charge is -2.19. The fourth-order valence-electron chi connectivity index (χ4n) is 3.98. The molecule has 0 spiro atoms. The molecule has 7 nitrogen and oxygen atoms in total. The molecule has 2 aromatic carbocycles. The summed E-state index contributed by atoms with van der Waals surface area (Å²) in [6, 6.07) is 11.2. The number of allylic oxidation sites excluding steroid dienone is 4. The lowest BCUT2D eigenvalue weighted by Crippen LogP contribution is -2.27. The molecule has 4 aromatic rings. The normalized spacial score (nSPS) is 15.6. The first kappa shape index (κ1) is 22.5. The highest BCUT2D eigenvalue weighted by Gasteiger charge is 2.21. The van der Waals surface area contributed by atoms with Crippen LogP contribution in [0.15, 0.2) is 73.1 Å². The second kappa shape index (κ2) is 9.54. The largest absolute Gasteiger partial charge is 0.350 e. The molecule has 1 amide bonds. The van der Waals surface area contributed by atoms with Crippen molar-refractivity contribution in [1.29, 1.82) is 0 Å². The minimum absolute atomic E-state index is 0.185. The van der Waals surface area contributed by atoms with Crippen LogP contribution in [-0.2, 0) is 6.54 Å². The molecule has 0 saturated heterocycles. The lowest BCUT2D eigenvalue weighted by molar-refractivity contribution is 0.0952. The van der Waals surface area contributed by atoms with Crippen LogP contribution in [-0.4, -0.2) is 37.2 Å². The van der Waals surface area contributed by atoms with E-state index < -0.39 is 0 Å². The number of hydrogen-bond acceptors (Lipinski definition) is 5. The molecule has 176 valence electrons. The minimum Gasteiger partial charge on any atom is -0.350 e. The van der Waals surface area contributed by atoms with Crippen LogP contribution in [0.3, 0.4) is 0 Å². The molecule has 0 radical (unpaired) electrons. The van der Waals surface area contributed by atoms with E-state index >= 15 is 0 Å². The van der Waals surface area contributed by atoms with E-state index in [9.17, 15) is 13.6 Å². The summed E-state index contributed by atoms with van der Waals surface area (Å²) in [7, 11) is 0. The topological polar surface area (TPSA) is 85.6 Å². The van der Waals surface area contributed by atoms with Gasteiger partial charge in [-0.2, -0.15) is 5.10 Å². The molecule has 1 atom stereocenters. The summed E-state index contributed by atoms with van der Waals surface area (Å²) in [5, 5.41) is 6.87. The standard InChI is InChI=1S/C26H22F2N6O/c1-16-12-18(4-8-21(16)28)25-24(17-2-6-20(27)7-3-17)32-22-9-5-19(13-23(22)33-25)26(35)30-10-11-34-15-29-14-31-34/h2-9,13-16H,10-12H2,1H3,(H,30,35). The van der Waals surface area contributed by atoms with E-state index in [2.05, 4.69) is 15.4 Å². The number of nitrogens with zero attached hydrogens (tertiary/aromatic N) is 5. The maximum Gasteiger partial charge on any atom is 0.251 e. The summed E-state index contributed by atoms with van der Waals surface area (Å²) in [5.74, 6) is -1.06. The molecule has 2 heterocycles. The van der Waals surface area contributed by atoms with Crippen molar-refractivity contribution in [3.05, 3.63) is 90.2 Å². The van der Waals surface area contributed by atoms with Gasteiger partial charge in [-0.3, -0.25) is 9.48 Å². The number of halogens is 2. The van der Waals surface area contributed by atoms with E-state index in [1.807, 2.05) is 6.92 Å².